The van der Waals surface area contributed by atoms with Crippen molar-refractivity contribution in [2.75, 3.05) is 25.0 Å². The number of hydrogen-bond acceptors (Lipinski definition) is 4. The van der Waals surface area contributed by atoms with Crippen LogP contribution in [0.3, 0.4) is 0 Å². The highest BCUT2D eigenvalue weighted by Gasteiger charge is 2.28. The Morgan fingerprint density at radius 3 is 2.74 bits per heavy atom. The molecule has 0 saturated carbocycles. The van der Waals surface area contributed by atoms with Crippen LogP contribution in [0.15, 0.2) is 0 Å². The van der Waals surface area contributed by atoms with E-state index in [4.69, 9.17) is 4.98 Å². The van der Waals surface area contributed by atoms with Crippen molar-refractivity contribution >= 4 is 16.5 Å². The topological polar surface area (TPSA) is 28.2 Å². The van der Waals surface area contributed by atoms with Gasteiger partial charge in [0.15, 0.2) is 5.13 Å². The third-order valence-corrected chi connectivity index (χ3v) is 4.90. The van der Waals surface area contributed by atoms with Gasteiger partial charge in [-0.15, -0.1) is 11.3 Å². The number of nitrogens with one attached hydrogen (secondary N) is 1. The predicted molar refractivity (Wildman–Crippen MR) is 84.2 cm³/mol. The minimum absolute atomic E-state index is 0.422. The lowest BCUT2D eigenvalue weighted by atomic mass is 9.84. The van der Waals surface area contributed by atoms with Crippen LogP contribution in [0.1, 0.15) is 57.0 Å². The summed E-state index contributed by atoms with van der Waals surface area (Å²) in [6.45, 7) is 12.4. The molecule has 1 aromatic heterocycles. The Kier molecular flexibility index (Phi) is 4.51. The molecule has 4 heteroatoms. The van der Waals surface area contributed by atoms with E-state index in [1.54, 1.807) is 0 Å². The van der Waals surface area contributed by atoms with Gasteiger partial charge >= 0.3 is 0 Å². The van der Waals surface area contributed by atoms with Gasteiger partial charge in [0.1, 0.15) is 0 Å². The molecule has 1 aromatic rings. The summed E-state index contributed by atoms with van der Waals surface area (Å²) in [5.74, 6) is 0.506. The SMILES string of the molecule is CNCc1sc(N2CCCC(C)(C)C2)nc1C(C)C. The zero-order valence-corrected chi connectivity index (χ0v) is 13.7. The molecule has 0 aliphatic carbocycles. The summed E-state index contributed by atoms with van der Waals surface area (Å²) in [7, 11) is 2.01. The second kappa shape index (κ2) is 5.80. The van der Waals surface area contributed by atoms with Crippen LogP contribution in [-0.2, 0) is 6.54 Å². The standard InChI is InChI=1S/C15H27N3S/c1-11(2)13-12(9-16-5)19-14(17-13)18-8-6-7-15(3,4)10-18/h11,16H,6-10H2,1-5H3. The highest BCUT2D eigenvalue weighted by molar-refractivity contribution is 7.15. The highest BCUT2D eigenvalue weighted by atomic mass is 32.1. The summed E-state index contributed by atoms with van der Waals surface area (Å²) < 4.78 is 0. The van der Waals surface area contributed by atoms with Crippen LogP contribution in [0.5, 0.6) is 0 Å². The van der Waals surface area contributed by atoms with Gasteiger partial charge in [-0.2, -0.15) is 0 Å². The average Bonchev–Trinajstić information content (AvgIpc) is 2.72. The number of rotatable bonds is 4. The second-order valence-electron chi connectivity index (χ2n) is 6.68. The molecule has 1 fully saturated rings. The van der Waals surface area contributed by atoms with Gasteiger partial charge in [0.05, 0.1) is 5.69 Å². The van der Waals surface area contributed by atoms with Crippen molar-refractivity contribution in [3.8, 4) is 0 Å². The fourth-order valence-electron chi connectivity index (χ4n) is 2.81. The Morgan fingerprint density at radius 1 is 1.42 bits per heavy atom. The Labute approximate surface area is 121 Å². The molecule has 2 heterocycles. The van der Waals surface area contributed by atoms with Crippen molar-refractivity contribution in [3.63, 3.8) is 0 Å². The molecule has 3 nitrogen and oxygen atoms in total. The zero-order chi connectivity index (χ0) is 14.0. The first-order valence-corrected chi connectivity index (χ1v) is 8.14. The fraction of sp³-hybridized carbons (Fsp3) is 0.800. The maximum atomic E-state index is 4.92. The van der Waals surface area contributed by atoms with Crippen molar-refractivity contribution < 1.29 is 0 Å². The van der Waals surface area contributed by atoms with E-state index in [-0.39, 0.29) is 0 Å². The average molecular weight is 281 g/mol. The summed E-state index contributed by atoms with van der Waals surface area (Å²) >= 11 is 1.87. The quantitative estimate of drug-likeness (QED) is 0.914. The Balaban J connectivity index is 2.22. The zero-order valence-electron chi connectivity index (χ0n) is 12.9. The van der Waals surface area contributed by atoms with Crippen LogP contribution in [-0.4, -0.2) is 25.1 Å². The molecule has 2 rings (SSSR count). The minimum atomic E-state index is 0.422. The summed E-state index contributed by atoms with van der Waals surface area (Å²) in [4.78, 5) is 8.81. The summed E-state index contributed by atoms with van der Waals surface area (Å²) in [5.41, 5.74) is 1.70. The predicted octanol–water partition coefficient (Wildman–Crippen LogP) is 3.61. The molecule has 0 amide bonds. The molecular formula is C15H27N3S. The van der Waals surface area contributed by atoms with E-state index in [9.17, 15) is 0 Å². The molecule has 1 saturated heterocycles. The number of piperidine rings is 1. The van der Waals surface area contributed by atoms with Gasteiger partial charge in [-0.3, -0.25) is 0 Å². The van der Waals surface area contributed by atoms with Crippen LogP contribution in [0.2, 0.25) is 0 Å². The normalized spacial score (nSPS) is 19.2. The molecule has 0 spiro atoms. The van der Waals surface area contributed by atoms with Crippen LogP contribution in [0.4, 0.5) is 5.13 Å². The van der Waals surface area contributed by atoms with Gasteiger partial charge in [0, 0.05) is 24.5 Å². The number of nitrogens with zero attached hydrogens (tertiary/aromatic N) is 2. The number of aromatic nitrogens is 1. The van der Waals surface area contributed by atoms with Crippen LogP contribution >= 0.6 is 11.3 Å². The molecule has 0 unspecified atom stereocenters. The fourth-order valence-corrected chi connectivity index (χ4v) is 4.06. The van der Waals surface area contributed by atoms with E-state index >= 15 is 0 Å². The van der Waals surface area contributed by atoms with Crippen molar-refractivity contribution in [2.24, 2.45) is 5.41 Å². The van der Waals surface area contributed by atoms with E-state index in [2.05, 4.69) is 37.9 Å². The van der Waals surface area contributed by atoms with Gasteiger partial charge in [-0.25, -0.2) is 4.98 Å². The van der Waals surface area contributed by atoms with Crippen molar-refractivity contribution in [3.05, 3.63) is 10.6 Å². The molecule has 1 aliphatic heterocycles. The molecule has 0 radical (unpaired) electrons. The number of thiazole rings is 1. The Hall–Kier alpha value is -0.610. The molecule has 108 valence electrons. The molecular weight excluding hydrogens is 254 g/mol. The van der Waals surface area contributed by atoms with Crippen molar-refractivity contribution in [2.45, 2.75) is 53.0 Å². The molecule has 1 aliphatic rings. The van der Waals surface area contributed by atoms with Crippen LogP contribution in [0.25, 0.3) is 0 Å². The monoisotopic (exact) mass is 281 g/mol. The first-order valence-electron chi connectivity index (χ1n) is 7.32. The largest absolute Gasteiger partial charge is 0.348 e. The lowest BCUT2D eigenvalue weighted by Crippen LogP contribution is -2.40. The lowest BCUT2D eigenvalue weighted by Gasteiger charge is -2.37. The smallest absolute Gasteiger partial charge is 0.185 e. The summed E-state index contributed by atoms with van der Waals surface area (Å²) in [6, 6.07) is 0. The van der Waals surface area contributed by atoms with E-state index < -0.39 is 0 Å². The Bertz CT molecular complexity index is 423. The first kappa shape index (κ1) is 14.8. The van der Waals surface area contributed by atoms with Gasteiger partial charge < -0.3 is 10.2 Å². The molecule has 0 atom stereocenters. The number of hydrogen-bond donors (Lipinski definition) is 1. The maximum absolute atomic E-state index is 4.92. The van der Waals surface area contributed by atoms with Crippen LogP contribution in [0, 0.1) is 5.41 Å². The second-order valence-corrected chi connectivity index (χ2v) is 7.74. The minimum Gasteiger partial charge on any atom is -0.348 e. The maximum Gasteiger partial charge on any atom is 0.185 e. The molecule has 0 bridgehead atoms. The van der Waals surface area contributed by atoms with Gasteiger partial charge in [-0.05, 0) is 31.2 Å². The van der Waals surface area contributed by atoms with E-state index in [0.29, 0.717) is 11.3 Å². The Morgan fingerprint density at radius 2 is 2.16 bits per heavy atom. The van der Waals surface area contributed by atoms with E-state index in [1.807, 2.05) is 18.4 Å². The van der Waals surface area contributed by atoms with Crippen molar-refractivity contribution in [1.29, 1.82) is 0 Å². The third-order valence-electron chi connectivity index (χ3n) is 3.77. The highest BCUT2D eigenvalue weighted by Crippen LogP contribution is 2.36. The molecule has 1 N–H and O–H groups in total. The summed E-state index contributed by atoms with van der Waals surface area (Å²) in [5, 5.41) is 4.49. The van der Waals surface area contributed by atoms with Crippen molar-refractivity contribution in [1.82, 2.24) is 10.3 Å². The lowest BCUT2D eigenvalue weighted by molar-refractivity contribution is 0.293. The van der Waals surface area contributed by atoms with Gasteiger partial charge in [0.2, 0.25) is 0 Å². The van der Waals surface area contributed by atoms with E-state index in [1.165, 1.54) is 28.5 Å². The molecule has 0 aromatic carbocycles. The molecule has 19 heavy (non-hydrogen) atoms. The first-order chi connectivity index (χ1) is 8.93. The van der Waals surface area contributed by atoms with Gasteiger partial charge in [-0.1, -0.05) is 27.7 Å². The number of anilines is 1. The van der Waals surface area contributed by atoms with Gasteiger partial charge in [0.25, 0.3) is 0 Å². The third kappa shape index (κ3) is 3.48. The summed E-state index contributed by atoms with van der Waals surface area (Å²) in [6.07, 6.45) is 2.61. The van der Waals surface area contributed by atoms with E-state index in [0.717, 1.165) is 19.6 Å². The van der Waals surface area contributed by atoms with Crippen LogP contribution < -0.4 is 10.2 Å².